The second kappa shape index (κ2) is 3.89. The molecule has 0 radical (unpaired) electrons. The van der Waals surface area contributed by atoms with Gasteiger partial charge in [0.1, 0.15) is 0 Å². The van der Waals surface area contributed by atoms with Gasteiger partial charge in [0.15, 0.2) is 0 Å². The molecule has 72 valence electrons. The zero-order valence-corrected chi connectivity index (χ0v) is 8.65. The summed E-state index contributed by atoms with van der Waals surface area (Å²) in [5.41, 5.74) is 1.13. The first-order valence-corrected chi connectivity index (χ1v) is 5.98. The van der Waals surface area contributed by atoms with Crippen molar-refractivity contribution in [2.24, 2.45) is 0 Å². The van der Waals surface area contributed by atoms with Gasteiger partial charge in [-0.2, -0.15) is 0 Å². The normalized spacial score (nSPS) is 15.2. The summed E-state index contributed by atoms with van der Waals surface area (Å²) in [6, 6.07) is 7.29. The van der Waals surface area contributed by atoms with E-state index in [1.54, 1.807) is 12.1 Å². The largest absolute Gasteiger partial charge is 0.316 e. The van der Waals surface area contributed by atoms with Crippen LogP contribution < -0.4 is 5.32 Å². The molecule has 0 aliphatic heterocycles. The standard InChI is InChI=1S/C9H14N2OS/c1-11-7-8-3-5-9(6-4-8)13(2,10)12/h3-6,10-11H,7H2,1-2H3. The fraction of sp³-hybridized carbons (Fsp3) is 0.333. The zero-order chi connectivity index (χ0) is 9.90. The van der Waals surface area contributed by atoms with E-state index in [1.807, 2.05) is 19.2 Å². The molecule has 0 saturated carbocycles. The van der Waals surface area contributed by atoms with Gasteiger partial charge in [0.2, 0.25) is 0 Å². The molecule has 1 aromatic rings. The molecule has 1 unspecified atom stereocenters. The molecule has 0 aliphatic rings. The summed E-state index contributed by atoms with van der Waals surface area (Å²) in [7, 11) is -0.679. The highest BCUT2D eigenvalue weighted by Gasteiger charge is 2.01. The Labute approximate surface area is 79.1 Å². The molecule has 0 aromatic heterocycles. The van der Waals surface area contributed by atoms with Crippen LogP contribution in [0.2, 0.25) is 0 Å². The van der Waals surface area contributed by atoms with Crippen molar-refractivity contribution in [2.45, 2.75) is 11.4 Å². The minimum absolute atomic E-state index is 0.590. The average molecular weight is 198 g/mol. The lowest BCUT2D eigenvalue weighted by atomic mass is 10.2. The third-order valence-electron chi connectivity index (χ3n) is 1.75. The van der Waals surface area contributed by atoms with Crippen LogP contribution in [0.5, 0.6) is 0 Å². The zero-order valence-electron chi connectivity index (χ0n) is 7.83. The Morgan fingerprint density at radius 1 is 1.38 bits per heavy atom. The van der Waals surface area contributed by atoms with Crippen LogP contribution in [-0.2, 0) is 16.3 Å². The molecule has 0 fully saturated rings. The van der Waals surface area contributed by atoms with Crippen molar-refractivity contribution in [3.8, 4) is 0 Å². The van der Waals surface area contributed by atoms with E-state index in [0.29, 0.717) is 4.90 Å². The van der Waals surface area contributed by atoms with E-state index in [1.165, 1.54) is 6.26 Å². The Morgan fingerprint density at radius 3 is 2.31 bits per heavy atom. The van der Waals surface area contributed by atoms with E-state index < -0.39 is 9.73 Å². The molecule has 1 aromatic carbocycles. The van der Waals surface area contributed by atoms with Gasteiger partial charge >= 0.3 is 0 Å². The van der Waals surface area contributed by atoms with E-state index in [0.717, 1.165) is 12.1 Å². The third-order valence-corrected chi connectivity index (χ3v) is 2.93. The molecule has 0 heterocycles. The summed E-state index contributed by atoms with van der Waals surface area (Å²) in [6.07, 6.45) is 1.43. The molecule has 3 nitrogen and oxygen atoms in total. The lowest BCUT2D eigenvalue weighted by Crippen LogP contribution is -2.05. The minimum atomic E-state index is -2.55. The molecule has 0 amide bonds. The molecule has 13 heavy (non-hydrogen) atoms. The van der Waals surface area contributed by atoms with E-state index >= 15 is 0 Å². The Morgan fingerprint density at radius 2 is 1.92 bits per heavy atom. The highest BCUT2D eigenvalue weighted by molar-refractivity contribution is 7.91. The SMILES string of the molecule is CNCc1ccc(S(C)(=N)=O)cc1. The summed E-state index contributed by atoms with van der Waals surface area (Å²) in [4.78, 5) is 0.590. The highest BCUT2D eigenvalue weighted by Crippen LogP contribution is 2.10. The predicted octanol–water partition coefficient (Wildman–Crippen LogP) is 1.44. The maximum Gasteiger partial charge on any atom is 0.0696 e. The first kappa shape index (κ1) is 10.2. The smallest absolute Gasteiger partial charge is 0.0696 e. The van der Waals surface area contributed by atoms with Crippen molar-refractivity contribution in [1.82, 2.24) is 5.32 Å². The fourth-order valence-electron chi connectivity index (χ4n) is 1.07. The third kappa shape index (κ3) is 2.82. The second-order valence-electron chi connectivity index (χ2n) is 3.02. The summed E-state index contributed by atoms with van der Waals surface area (Å²) >= 11 is 0. The molecule has 0 bridgehead atoms. The second-order valence-corrected chi connectivity index (χ2v) is 5.18. The number of hydrogen-bond acceptors (Lipinski definition) is 3. The monoisotopic (exact) mass is 198 g/mol. The summed E-state index contributed by atoms with van der Waals surface area (Å²) < 4.78 is 18.7. The van der Waals surface area contributed by atoms with E-state index in [2.05, 4.69) is 5.32 Å². The molecule has 0 saturated heterocycles. The van der Waals surface area contributed by atoms with Gasteiger partial charge in [0.05, 0.1) is 9.73 Å². The van der Waals surface area contributed by atoms with E-state index in [9.17, 15) is 4.21 Å². The van der Waals surface area contributed by atoms with Gasteiger partial charge in [0.25, 0.3) is 0 Å². The van der Waals surface area contributed by atoms with Crippen LogP contribution in [0.1, 0.15) is 5.56 Å². The molecule has 2 N–H and O–H groups in total. The lowest BCUT2D eigenvalue weighted by molar-refractivity contribution is 0.679. The van der Waals surface area contributed by atoms with Gasteiger partial charge < -0.3 is 5.32 Å². The van der Waals surface area contributed by atoms with Crippen LogP contribution in [0.25, 0.3) is 0 Å². The molecule has 0 spiro atoms. The number of hydrogen-bond donors (Lipinski definition) is 2. The summed E-state index contributed by atoms with van der Waals surface area (Å²) in [5, 5.41) is 3.02. The molecule has 4 heteroatoms. The van der Waals surface area contributed by atoms with Crippen molar-refractivity contribution in [3.63, 3.8) is 0 Å². The van der Waals surface area contributed by atoms with Crippen LogP contribution in [-0.4, -0.2) is 17.5 Å². The van der Waals surface area contributed by atoms with Gasteiger partial charge in [-0.1, -0.05) is 12.1 Å². The quantitative estimate of drug-likeness (QED) is 0.772. The van der Waals surface area contributed by atoms with Crippen LogP contribution in [0.3, 0.4) is 0 Å². The summed E-state index contributed by atoms with van der Waals surface area (Å²) in [6.45, 7) is 0.795. The van der Waals surface area contributed by atoms with Crippen LogP contribution >= 0.6 is 0 Å². The Bertz CT molecular complexity index is 367. The summed E-state index contributed by atoms with van der Waals surface area (Å²) in [5.74, 6) is 0. The van der Waals surface area contributed by atoms with Crippen molar-refractivity contribution in [2.75, 3.05) is 13.3 Å². The topological polar surface area (TPSA) is 53.0 Å². The Hall–Kier alpha value is -0.870. The average Bonchev–Trinajstić information content (AvgIpc) is 2.04. The van der Waals surface area contributed by atoms with Crippen molar-refractivity contribution >= 4 is 9.73 Å². The van der Waals surface area contributed by atoms with Crippen molar-refractivity contribution < 1.29 is 4.21 Å². The minimum Gasteiger partial charge on any atom is -0.316 e. The predicted molar refractivity (Wildman–Crippen MR) is 54.3 cm³/mol. The molecule has 1 atom stereocenters. The van der Waals surface area contributed by atoms with E-state index in [4.69, 9.17) is 4.78 Å². The maximum absolute atomic E-state index is 11.3. The van der Waals surface area contributed by atoms with E-state index in [-0.39, 0.29) is 0 Å². The first-order chi connectivity index (χ1) is 6.04. The molecule has 0 aliphatic carbocycles. The van der Waals surface area contributed by atoms with Crippen molar-refractivity contribution in [1.29, 1.82) is 4.78 Å². The molecular formula is C9H14N2OS. The first-order valence-electron chi connectivity index (χ1n) is 4.01. The molecular weight excluding hydrogens is 184 g/mol. The fourth-order valence-corrected chi connectivity index (χ4v) is 1.73. The number of benzene rings is 1. The Balaban J connectivity index is 2.94. The number of rotatable bonds is 3. The van der Waals surface area contributed by atoms with Crippen LogP contribution in [0.15, 0.2) is 29.2 Å². The number of nitrogens with one attached hydrogen (secondary N) is 2. The van der Waals surface area contributed by atoms with Gasteiger partial charge in [-0.05, 0) is 24.7 Å². The van der Waals surface area contributed by atoms with Gasteiger partial charge in [-0.15, -0.1) is 0 Å². The van der Waals surface area contributed by atoms with Gasteiger partial charge in [-0.25, -0.2) is 8.99 Å². The van der Waals surface area contributed by atoms with Gasteiger partial charge in [-0.3, -0.25) is 0 Å². The maximum atomic E-state index is 11.3. The lowest BCUT2D eigenvalue weighted by Gasteiger charge is -2.03. The van der Waals surface area contributed by atoms with Crippen molar-refractivity contribution in [3.05, 3.63) is 29.8 Å². The van der Waals surface area contributed by atoms with Crippen LogP contribution in [0, 0.1) is 4.78 Å². The van der Waals surface area contributed by atoms with Crippen LogP contribution in [0.4, 0.5) is 0 Å². The molecule has 1 rings (SSSR count). The van der Waals surface area contributed by atoms with Gasteiger partial charge in [0, 0.05) is 17.7 Å². The highest BCUT2D eigenvalue weighted by atomic mass is 32.2. The Kier molecular flexibility index (Phi) is 3.06.